The molecule has 1 aliphatic carbocycles. The monoisotopic (exact) mass is 262 g/mol. The van der Waals surface area contributed by atoms with Crippen molar-refractivity contribution >= 4 is 5.97 Å². The van der Waals surface area contributed by atoms with E-state index in [-0.39, 0.29) is 17.9 Å². The molecular formula is C14H18N2O3. The van der Waals surface area contributed by atoms with Gasteiger partial charge >= 0.3 is 5.97 Å². The van der Waals surface area contributed by atoms with Gasteiger partial charge in [0.1, 0.15) is 5.69 Å². The summed E-state index contributed by atoms with van der Waals surface area (Å²) < 4.78 is 4.82. The SMILES string of the molecule is COC(=O)C1CCC(C2NOc3cccnc32)CC1. The molecule has 5 heteroatoms. The summed E-state index contributed by atoms with van der Waals surface area (Å²) in [6, 6.07) is 3.95. The summed E-state index contributed by atoms with van der Waals surface area (Å²) in [4.78, 5) is 21.4. The highest BCUT2D eigenvalue weighted by atomic mass is 16.7. The zero-order valence-electron chi connectivity index (χ0n) is 11.0. The number of aromatic nitrogens is 1. The maximum absolute atomic E-state index is 11.5. The van der Waals surface area contributed by atoms with Crippen molar-refractivity contribution in [2.75, 3.05) is 7.11 Å². The molecule has 1 atom stereocenters. The van der Waals surface area contributed by atoms with E-state index in [1.807, 2.05) is 12.1 Å². The predicted molar refractivity (Wildman–Crippen MR) is 68.2 cm³/mol. The molecule has 19 heavy (non-hydrogen) atoms. The van der Waals surface area contributed by atoms with Gasteiger partial charge in [-0.05, 0) is 43.7 Å². The molecule has 0 bridgehead atoms. The number of hydrogen-bond donors (Lipinski definition) is 1. The van der Waals surface area contributed by atoms with E-state index in [9.17, 15) is 4.79 Å². The average Bonchev–Trinajstić information content (AvgIpc) is 2.90. The molecule has 0 radical (unpaired) electrons. The van der Waals surface area contributed by atoms with Gasteiger partial charge in [0.25, 0.3) is 0 Å². The third-order valence-corrected chi connectivity index (χ3v) is 4.17. The quantitative estimate of drug-likeness (QED) is 0.826. The van der Waals surface area contributed by atoms with Crippen LogP contribution in [0.3, 0.4) is 0 Å². The van der Waals surface area contributed by atoms with Crippen molar-refractivity contribution in [3.05, 3.63) is 24.0 Å². The van der Waals surface area contributed by atoms with E-state index in [1.165, 1.54) is 7.11 Å². The molecule has 5 nitrogen and oxygen atoms in total. The molecule has 0 aromatic carbocycles. The number of fused-ring (bicyclic) bond motifs is 1. The smallest absolute Gasteiger partial charge is 0.308 e. The van der Waals surface area contributed by atoms with Crippen molar-refractivity contribution in [2.24, 2.45) is 11.8 Å². The number of methoxy groups -OCH3 is 1. The molecule has 2 aliphatic rings. The normalized spacial score (nSPS) is 29.4. The summed E-state index contributed by atoms with van der Waals surface area (Å²) in [5, 5.41) is 0. The Morgan fingerprint density at radius 1 is 1.42 bits per heavy atom. The standard InChI is InChI=1S/C14H18N2O3/c1-18-14(17)10-6-4-9(5-7-10)12-13-11(19-16-12)3-2-8-15-13/h2-3,8-10,12,16H,4-7H2,1H3. The van der Waals surface area contributed by atoms with Crippen molar-refractivity contribution in [3.8, 4) is 5.75 Å². The fraction of sp³-hybridized carbons (Fsp3) is 0.571. The van der Waals surface area contributed by atoms with E-state index in [0.29, 0.717) is 5.92 Å². The Morgan fingerprint density at radius 2 is 2.21 bits per heavy atom. The topological polar surface area (TPSA) is 60.5 Å². The molecule has 0 amide bonds. The van der Waals surface area contributed by atoms with Gasteiger partial charge in [-0.25, -0.2) is 0 Å². The van der Waals surface area contributed by atoms with Crippen LogP contribution in [0.1, 0.15) is 37.4 Å². The van der Waals surface area contributed by atoms with E-state index in [1.54, 1.807) is 6.20 Å². The average molecular weight is 262 g/mol. The molecule has 1 aromatic rings. The summed E-state index contributed by atoms with van der Waals surface area (Å²) in [6.45, 7) is 0. The van der Waals surface area contributed by atoms with E-state index in [4.69, 9.17) is 9.57 Å². The van der Waals surface area contributed by atoms with Gasteiger partial charge in [-0.15, -0.1) is 5.48 Å². The first-order chi connectivity index (χ1) is 9.29. The minimum Gasteiger partial charge on any atom is -0.469 e. The first-order valence-corrected chi connectivity index (χ1v) is 6.74. The van der Waals surface area contributed by atoms with Crippen LogP contribution in [0.2, 0.25) is 0 Å². The Balaban J connectivity index is 1.65. The van der Waals surface area contributed by atoms with Gasteiger partial charge in [0.15, 0.2) is 5.75 Å². The van der Waals surface area contributed by atoms with Crippen LogP contribution in [-0.4, -0.2) is 18.1 Å². The number of esters is 1. The number of rotatable bonds is 2. The van der Waals surface area contributed by atoms with Crippen LogP contribution in [0.4, 0.5) is 0 Å². The van der Waals surface area contributed by atoms with Crippen LogP contribution in [0.5, 0.6) is 5.75 Å². The lowest BCUT2D eigenvalue weighted by Crippen LogP contribution is -2.30. The molecule has 3 rings (SSSR count). The zero-order valence-corrected chi connectivity index (χ0v) is 11.0. The molecule has 2 heterocycles. The number of carbonyl (C=O) groups excluding carboxylic acids is 1. The van der Waals surface area contributed by atoms with Crippen molar-refractivity contribution in [1.29, 1.82) is 0 Å². The van der Waals surface area contributed by atoms with Crippen molar-refractivity contribution in [2.45, 2.75) is 31.7 Å². The highest BCUT2D eigenvalue weighted by Crippen LogP contribution is 2.41. The van der Waals surface area contributed by atoms with Crippen LogP contribution < -0.4 is 10.3 Å². The van der Waals surface area contributed by atoms with Gasteiger partial charge in [-0.1, -0.05) is 0 Å². The molecular weight excluding hydrogens is 244 g/mol. The number of pyridine rings is 1. The zero-order chi connectivity index (χ0) is 13.2. The molecule has 1 aromatic heterocycles. The molecule has 1 aliphatic heterocycles. The minimum absolute atomic E-state index is 0.0618. The lowest BCUT2D eigenvalue weighted by molar-refractivity contribution is -0.146. The Bertz CT molecular complexity index is 470. The third kappa shape index (κ3) is 2.30. The summed E-state index contributed by atoms with van der Waals surface area (Å²) >= 11 is 0. The first kappa shape index (κ1) is 12.4. The summed E-state index contributed by atoms with van der Waals surface area (Å²) in [7, 11) is 1.46. The fourth-order valence-corrected chi connectivity index (χ4v) is 3.08. The van der Waals surface area contributed by atoms with E-state index in [2.05, 4.69) is 10.5 Å². The van der Waals surface area contributed by atoms with E-state index < -0.39 is 0 Å². The van der Waals surface area contributed by atoms with Crippen LogP contribution >= 0.6 is 0 Å². The summed E-state index contributed by atoms with van der Waals surface area (Å²) in [5.41, 5.74) is 4.06. The maximum atomic E-state index is 11.5. The lowest BCUT2D eigenvalue weighted by Gasteiger charge is -2.29. The van der Waals surface area contributed by atoms with Crippen molar-refractivity contribution in [1.82, 2.24) is 10.5 Å². The number of nitrogens with zero attached hydrogens (tertiary/aromatic N) is 1. The summed E-state index contributed by atoms with van der Waals surface area (Å²) in [6.07, 6.45) is 5.56. The van der Waals surface area contributed by atoms with Crippen LogP contribution in [0.15, 0.2) is 18.3 Å². The van der Waals surface area contributed by atoms with Crippen LogP contribution in [0, 0.1) is 11.8 Å². The number of hydrogen-bond acceptors (Lipinski definition) is 5. The second kappa shape index (κ2) is 5.17. The highest BCUT2D eigenvalue weighted by molar-refractivity contribution is 5.72. The molecule has 0 spiro atoms. The van der Waals surface area contributed by atoms with Gasteiger partial charge < -0.3 is 9.57 Å². The number of nitrogens with one attached hydrogen (secondary N) is 1. The number of carbonyl (C=O) groups is 1. The van der Waals surface area contributed by atoms with E-state index >= 15 is 0 Å². The molecule has 1 fully saturated rings. The fourth-order valence-electron chi connectivity index (χ4n) is 3.08. The van der Waals surface area contributed by atoms with Crippen molar-refractivity contribution < 1.29 is 14.4 Å². The Morgan fingerprint density at radius 3 is 2.95 bits per heavy atom. The first-order valence-electron chi connectivity index (χ1n) is 6.74. The Labute approximate surface area is 112 Å². The maximum Gasteiger partial charge on any atom is 0.308 e. The number of ether oxygens (including phenoxy) is 1. The van der Waals surface area contributed by atoms with Crippen LogP contribution in [-0.2, 0) is 9.53 Å². The second-order valence-corrected chi connectivity index (χ2v) is 5.22. The highest BCUT2D eigenvalue weighted by Gasteiger charge is 2.36. The Kier molecular flexibility index (Phi) is 3.38. The van der Waals surface area contributed by atoms with Gasteiger partial charge in [0.05, 0.1) is 19.1 Å². The molecule has 0 saturated heterocycles. The predicted octanol–water partition coefficient (Wildman–Crippen LogP) is 2.00. The van der Waals surface area contributed by atoms with Gasteiger partial charge in [0.2, 0.25) is 0 Å². The molecule has 102 valence electrons. The Hall–Kier alpha value is -1.62. The lowest BCUT2D eigenvalue weighted by atomic mass is 9.78. The molecule has 1 unspecified atom stereocenters. The van der Waals surface area contributed by atoms with Gasteiger partial charge in [-0.2, -0.15) is 0 Å². The van der Waals surface area contributed by atoms with E-state index in [0.717, 1.165) is 37.1 Å². The molecule has 1 saturated carbocycles. The van der Waals surface area contributed by atoms with Crippen molar-refractivity contribution in [3.63, 3.8) is 0 Å². The molecule has 1 N–H and O–H groups in total. The third-order valence-electron chi connectivity index (χ3n) is 4.17. The van der Waals surface area contributed by atoms with Gasteiger partial charge in [0, 0.05) is 6.20 Å². The van der Waals surface area contributed by atoms with Gasteiger partial charge in [-0.3, -0.25) is 9.78 Å². The largest absolute Gasteiger partial charge is 0.469 e. The minimum atomic E-state index is -0.0763. The summed E-state index contributed by atoms with van der Waals surface area (Å²) in [5.74, 6) is 1.28. The number of hydroxylamine groups is 1. The second-order valence-electron chi connectivity index (χ2n) is 5.22. The van der Waals surface area contributed by atoms with Crippen LogP contribution in [0.25, 0.3) is 0 Å².